The van der Waals surface area contributed by atoms with Gasteiger partial charge in [-0.25, -0.2) is 9.18 Å². The first-order chi connectivity index (χ1) is 5.65. The second-order valence-electron chi connectivity index (χ2n) is 2.23. The minimum atomic E-state index is -0.701. The van der Waals surface area contributed by atoms with Gasteiger partial charge in [0.1, 0.15) is 13.7 Å². The van der Waals surface area contributed by atoms with Gasteiger partial charge in [0.15, 0.2) is 0 Å². The molecule has 1 aromatic rings. The molecule has 0 fully saturated rings. The van der Waals surface area contributed by atoms with Gasteiger partial charge in [-0.05, 0) is 12.1 Å². The molecule has 0 heterocycles. The molecule has 0 saturated carbocycles. The number of rotatable bonds is 1. The van der Waals surface area contributed by atoms with Gasteiger partial charge in [-0.1, -0.05) is 11.5 Å². The molecule has 1 aromatic carbocycles. The first-order valence-corrected chi connectivity index (χ1v) is 3.28. The molecule has 2 nitrogen and oxygen atoms in total. The Kier molecular flexibility index (Phi) is 2.48. The zero-order chi connectivity index (χ0) is 9.14. The molecular formula is C8H6BFO2. The van der Waals surface area contributed by atoms with Gasteiger partial charge < -0.3 is 4.74 Å². The van der Waals surface area contributed by atoms with Crippen LogP contribution in [0.1, 0.15) is 10.4 Å². The van der Waals surface area contributed by atoms with Crippen molar-refractivity contribution in [2.45, 2.75) is 0 Å². The van der Waals surface area contributed by atoms with E-state index in [0.717, 1.165) is 6.07 Å². The largest absolute Gasteiger partial charge is 0.465 e. The number of hydrogen-bond acceptors (Lipinski definition) is 2. The van der Waals surface area contributed by atoms with Gasteiger partial charge in [0.05, 0.1) is 12.7 Å². The molecule has 0 atom stereocenters. The second-order valence-corrected chi connectivity index (χ2v) is 2.23. The fraction of sp³-hybridized carbons (Fsp3) is 0.125. The average molecular weight is 164 g/mol. The van der Waals surface area contributed by atoms with Crippen LogP contribution in [0.15, 0.2) is 18.2 Å². The van der Waals surface area contributed by atoms with Gasteiger partial charge in [0, 0.05) is 0 Å². The van der Waals surface area contributed by atoms with E-state index in [2.05, 4.69) is 4.74 Å². The van der Waals surface area contributed by atoms with E-state index in [1.807, 2.05) is 0 Å². The summed E-state index contributed by atoms with van der Waals surface area (Å²) in [5.41, 5.74) is 0.173. The smallest absolute Gasteiger partial charge is 0.340 e. The highest BCUT2D eigenvalue weighted by molar-refractivity contribution is 6.32. The number of esters is 1. The van der Waals surface area contributed by atoms with Gasteiger partial charge in [0.25, 0.3) is 0 Å². The van der Waals surface area contributed by atoms with E-state index in [1.165, 1.54) is 19.2 Å². The Morgan fingerprint density at radius 2 is 2.25 bits per heavy atom. The zero-order valence-electron chi connectivity index (χ0n) is 6.50. The normalized spacial score (nSPS) is 9.50. The molecule has 0 unspecified atom stereocenters. The average Bonchev–Trinajstić information content (AvgIpc) is 2.03. The minimum absolute atomic E-state index is 0.105. The number of halogens is 1. The summed E-state index contributed by atoms with van der Waals surface area (Å²) in [6, 6.07) is 3.80. The fourth-order valence-electron chi connectivity index (χ4n) is 0.807. The lowest BCUT2D eigenvalue weighted by atomic mass is 9.95. The molecule has 60 valence electrons. The molecule has 0 saturated heterocycles. The highest BCUT2D eigenvalue weighted by Crippen LogP contribution is 2.05. The Morgan fingerprint density at radius 3 is 2.75 bits per heavy atom. The number of methoxy groups -OCH3 is 1. The maximum absolute atomic E-state index is 12.9. The summed E-state index contributed by atoms with van der Waals surface area (Å²) in [4.78, 5) is 10.8. The lowest BCUT2D eigenvalue weighted by Gasteiger charge is -2.00. The van der Waals surface area contributed by atoms with E-state index in [-0.39, 0.29) is 11.0 Å². The second kappa shape index (κ2) is 3.39. The molecule has 4 heteroatoms. The van der Waals surface area contributed by atoms with Crippen LogP contribution >= 0.6 is 0 Å². The number of carbonyl (C=O) groups excluding carboxylic acids is 1. The van der Waals surface area contributed by atoms with Crippen LogP contribution in [0.3, 0.4) is 0 Å². The van der Waals surface area contributed by atoms with Crippen LogP contribution < -0.4 is 5.46 Å². The summed E-state index contributed by atoms with van der Waals surface area (Å²) in [7, 11) is 6.47. The van der Waals surface area contributed by atoms with E-state index in [0.29, 0.717) is 0 Å². The van der Waals surface area contributed by atoms with Gasteiger partial charge in [-0.3, -0.25) is 0 Å². The van der Waals surface area contributed by atoms with E-state index in [1.54, 1.807) is 0 Å². The topological polar surface area (TPSA) is 26.3 Å². The lowest BCUT2D eigenvalue weighted by molar-refractivity contribution is 0.0595. The first kappa shape index (κ1) is 8.78. The van der Waals surface area contributed by atoms with Crippen molar-refractivity contribution in [2.24, 2.45) is 0 Å². The summed E-state index contributed by atoms with van der Waals surface area (Å²) in [6.45, 7) is 0. The number of ether oxygens (including phenoxy) is 1. The van der Waals surface area contributed by atoms with Crippen LogP contribution in [-0.2, 0) is 4.74 Å². The fourth-order valence-corrected chi connectivity index (χ4v) is 0.807. The van der Waals surface area contributed by atoms with Crippen molar-refractivity contribution >= 4 is 19.3 Å². The number of hydrogen-bond donors (Lipinski definition) is 0. The lowest BCUT2D eigenvalue weighted by Crippen LogP contribution is -2.09. The SMILES string of the molecule is [B]c1ccc(C(=O)OC)c(F)c1. The van der Waals surface area contributed by atoms with Gasteiger partial charge in [-0.2, -0.15) is 0 Å². The highest BCUT2D eigenvalue weighted by Gasteiger charge is 2.10. The van der Waals surface area contributed by atoms with Crippen molar-refractivity contribution in [3.63, 3.8) is 0 Å². The van der Waals surface area contributed by atoms with Crippen LogP contribution in [0.5, 0.6) is 0 Å². The third-order valence-corrected chi connectivity index (χ3v) is 1.40. The predicted molar refractivity (Wildman–Crippen MR) is 43.1 cm³/mol. The van der Waals surface area contributed by atoms with Gasteiger partial charge in [-0.15, -0.1) is 0 Å². The van der Waals surface area contributed by atoms with E-state index >= 15 is 0 Å². The van der Waals surface area contributed by atoms with E-state index in [9.17, 15) is 9.18 Å². The summed E-state index contributed by atoms with van der Waals surface area (Å²) >= 11 is 0. The third-order valence-electron chi connectivity index (χ3n) is 1.40. The maximum atomic E-state index is 12.9. The Bertz CT molecular complexity index is 312. The molecule has 0 aliphatic carbocycles. The highest BCUT2D eigenvalue weighted by atomic mass is 19.1. The third kappa shape index (κ3) is 1.64. The summed E-state index contributed by atoms with van der Waals surface area (Å²) < 4.78 is 17.2. The Morgan fingerprint density at radius 1 is 1.58 bits per heavy atom. The van der Waals surface area contributed by atoms with Gasteiger partial charge >= 0.3 is 5.97 Å². The Hall–Kier alpha value is -1.32. The van der Waals surface area contributed by atoms with Crippen molar-refractivity contribution in [1.29, 1.82) is 0 Å². The molecule has 2 radical (unpaired) electrons. The van der Waals surface area contributed by atoms with Crippen LogP contribution in [0.2, 0.25) is 0 Å². The molecule has 12 heavy (non-hydrogen) atoms. The Balaban J connectivity index is 3.09. The van der Waals surface area contributed by atoms with Crippen molar-refractivity contribution < 1.29 is 13.9 Å². The standard InChI is InChI=1S/C8H6BFO2/c1-12-8(11)6-3-2-5(9)4-7(6)10/h2-4H,1H3. The molecule has 0 amide bonds. The molecule has 0 spiro atoms. The first-order valence-electron chi connectivity index (χ1n) is 3.28. The summed E-state index contributed by atoms with van der Waals surface area (Å²) in [5.74, 6) is -1.37. The molecule has 0 aliphatic rings. The quantitative estimate of drug-likeness (QED) is 0.443. The molecule has 0 N–H and O–H groups in total. The van der Waals surface area contributed by atoms with Crippen molar-refractivity contribution in [1.82, 2.24) is 0 Å². The van der Waals surface area contributed by atoms with Gasteiger partial charge in [0.2, 0.25) is 0 Å². The zero-order valence-corrected chi connectivity index (χ0v) is 6.50. The van der Waals surface area contributed by atoms with E-state index < -0.39 is 11.8 Å². The monoisotopic (exact) mass is 164 g/mol. The van der Waals surface area contributed by atoms with Crippen LogP contribution in [-0.4, -0.2) is 20.9 Å². The van der Waals surface area contributed by atoms with Crippen LogP contribution in [0, 0.1) is 5.82 Å². The molecular weight excluding hydrogens is 158 g/mol. The van der Waals surface area contributed by atoms with E-state index in [4.69, 9.17) is 7.85 Å². The summed E-state index contributed by atoms with van der Waals surface area (Å²) in [5, 5.41) is 0. The molecule has 0 aliphatic heterocycles. The van der Waals surface area contributed by atoms with Crippen LogP contribution in [0.25, 0.3) is 0 Å². The number of benzene rings is 1. The Labute approximate surface area is 70.8 Å². The molecule has 0 aromatic heterocycles. The summed E-state index contributed by atoms with van der Waals surface area (Å²) in [6.07, 6.45) is 0. The number of carbonyl (C=O) groups is 1. The van der Waals surface area contributed by atoms with Crippen molar-refractivity contribution in [3.05, 3.63) is 29.6 Å². The van der Waals surface area contributed by atoms with Crippen LogP contribution in [0.4, 0.5) is 4.39 Å². The molecule has 0 bridgehead atoms. The predicted octanol–water partition coefficient (Wildman–Crippen LogP) is 0.406. The van der Waals surface area contributed by atoms with Crippen molar-refractivity contribution in [3.8, 4) is 0 Å². The molecule has 1 rings (SSSR count). The van der Waals surface area contributed by atoms with Crippen molar-refractivity contribution in [2.75, 3.05) is 7.11 Å². The minimum Gasteiger partial charge on any atom is -0.465 e. The maximum Gasteiger partial charge on any atom is 0.340 e.